The number of nitrogens with zero attached hydrogens (tertiary/aromatic N) is 1. The van der Waals surface area contributed by atoms with Gasteiger partial charge in [0.15, 0.2) is 5.78 Å². The van der Waals surface area contributed by atoms with Gasteiger partial charge < -0.3 is 50.4 Å². The number of nitrogens with two attached hydrogens (primary N) is 1. The minimum Gasteiger partial charge on any atom is -0.507 e. The minimum absolute atomic E-state index is 0.0902. The topological polar surface area (TPSA) is 192 Å². The summed E-state index contributed by atoms with van der Waals surface area (Å²) in [5.41, 5.74) is 2.71. The summed E-state index contributed by atoms with van der Waals surface area (Å²) in [4.78, 5) is 29.7. The zero-order chi connectivity index (χ0) is 29.8. The Balaban J connectivity index is 1.55. The summed E-state index contributed by atoms with van der Waals surface area (Å²) in [6, 6.07) is 1.88. The number of hydrogen-bond donors (Lipinski definition) is 6. The van der Waals surface area contributed by atoms with E-state index in [0.717, 1.165) is 0 Å². The maximum absolute atomic E-state index is 14.2. The molecule has 6 rings (SSSR count). The SMILES string of the molecule is CN(C)C1C(O)C2Oc3c(cc(O)c4c3C(=O)c3cc5c(c(O)c3C4=O)C(OCCN)CC(C)(O)C5)C(C)(O2)C1O. The predicted molar refractivity (Wildman–Crippen MR) is 142 cm³/mol. The number of carbonyl (C=O) groups is 2. The Hall–Kier alpha value is -3.10. The van der Waals surface area contributed by atoms with Crippen molar-refractivity contribution in [2.75, 3.05) is 27.2 Å². The number of phenolic OH excluding ortho intramolecular Hbond substituents is 2. The fourth-order valence-corrected chi connectivity index (χ4v) is 6.91. The summed E-state index contributed by atoms with van der Waals surface area (Å²) in [7, 11) is 3.37. The maximum Gasteiger partial charge on any atom is 0.228 e. The van der Waals surface area contributed by atoms with E-state index < -0.39 is 64.9 Å². The van der Waals surface area contributed by atoms with Crippen molar-refractivity contribution in [1.29, 1.82) is 0 Å². The number of aromatic hydroxyl groups is 2. The molecule has 2 aromatic carbocycles. The van der Waals surface area contributed by atoms with Crippen molar-refractivity contribution in [3.8, 4) is 17.2 Å². The van der Waals surface area contributed by atoms with Crippen LogP contribution >= 0.6 is 0 Å². The van der Waals surface area contributed by atoms with E-state index in [1.54, 1.807) is 32.8 Å². The largest absolute Gasteiger partial charge is 0.507 e. The quantitative estimate of drug-likeness (QED) is 0.250. The molecule has 0 saturated carbocycles. The van der Waals surface area contributed by atoms with E-state index in [1.165, 1.54) is 12.1 Å². The van der Waals surface area contributed by atoms with Crippen LogP contribution < -0.4 is 10.5 Å². The first-order chi connectivity index (χ1) is 19.2. The number of rotatable bonds is 4. The second-order valence-electron chi connectivity index (χ2n) is 12.0. The zero-order valence-electron chi connectivity index (χ0n) is 23.2. The smallest absolute Gasteiger partial charge is 0.228 e. The van der Waals surface area contributed by atoms with E-state index in [0.29, 0.717) is 11.1 Å². The predicted octanol–water partition coefficient (Wildman–Crippen LogP) is 0.203. The molecule has 0 spiro atoms. The van der Waals surface area contributed by atoms with Crippen LogP contribution in [0.4, 0.5) is 0 Å². The normalized spacial score (nSPS) is 33.5. The summed E-state index contributed by atoms with van der Waals surface area (Å²) in [5.74, 6) is -2.61. The van der Waals surface area contributed by atoms with Gasteiger partial charge in [-0.25, -0.2) is 0 Å². The molecular formula is C29H34N2O10. The highest BCUT2D eigenvalue weighted by Gasteiger charge is 2.59. The molecular weight excluding hydrogens is 536 g/mol. The van der Waals surface area contributed by atoms with Crippen LogP contribution in [0, 0.1) is 0 Å². The molecule has 4 aliphatic rings. The molecule has 0 amide bonds. The lowest BCUT2D eigenvalue weighted by molar-refractivity contribution is -0.311. The Morgan fingerprint density at radius 3 is 2.46 bits per heavy atom. The molecule has 12 heteroatoms. The molecule has 7 unspecified atom stereocenters. The molecule has 2 heterocycles. The number of aliphatic hydroxyl groups is 3. The monoisotopic (exact) mass is 570 g/mol. The summed E-state index contributed by atoms with van der Waals surface area (Å²) in [5, 5.41) is 55.8. The van der Waals surface area contributed by atoms with Crippen LogP contribution in [0.1, 0.15) is 74.9 Å². The van der Waals surface area contributed by atoms with Crippen LogP contribution in [-0.2, 0) is 21.5 Å². The fourth-order valence-electron chi connectivity index (χ4n) is 6.91. The first kappa shape index (κ1) is 28.0. The van der Waals surface area contributed by atoms with E-state index >= 15 is 0 Å². The number of hydrogen-bond acceptors (Lipinski definition) is 12. The van der Waals surface area contributed by atoms with Crippen LogP contribution in [0.2, 0.25) is 0 Å². The van der Waals surface area contributed by atoms with Gasteiger partial charge in [0.25, 0.3) is 0 Å². The summed E-state index contributed by atoms with van der Waals surface area (Å²) in [6.07, 6.45) is -4.45. The summed E-state index contributed by atoms with van der Waals surface area (Å²) < 4.78 is 17.8. The molecule has 0 aromatic heterocycles. The van der Waals surface area contributed by atoms with Gasteiger partial charge in [0.05, 0.1) is 41.0 Å². The van der Waals surface area contributed by atoms with Gasteiger partial charge in [-0.15, -0.1) is 0 Å². The van der Waals surface area contributed by atoms with E-state index in [2.05, 4.69) is 0 Å². The molecule has 7 N–H and O–H groups in total. The second kappa shape index (κ2) is 9.20. The van der Waals surface area contributed by atoms with Crippen LogP contribution in [0.5, 0.6) is 17.2 Å². The summed E-state index contributed by atoms with van der Waals surface area (Å²) >= 11 is 0. The van der Waals surface area contributed by atoms with Gasteiger partial charge in [0.1, 0.15) is 35.1 Å². The van der Waals surface area contributed by atoms with Crippen LogP contribution in [-0.4, -0.2) is 99.4 Å². The van der Waals surface area contributed by atoms with E-state index in [1.807, 2.05) is 0 Å². The van der Waals surface area contributed by atoms with Gasteiger partial charge in [-0.2, -0.15) is 0 Å². The molecule has 1 saturated heterocycles. The van der Waals surface area contributed by atoms with Gasteiger partial charge in [-0.1, -0.05) is 0 Å². The van der Waals surface area contributed by atoms with Gasteiger partial charge >= 0.3 is 0 Å². The van der Waals surface area contributed by atoms with Crippen molar-refractivity contribution in [2.24, 2.45) is 5.73 Å². The number of benzene rings is 2. The van der Waals surface area contributed by atoms with Crippen LogP contribution in [0.3, 0.4) is 0 Å². The molecule has 2 aromatic rings. The van der Waals surface area contributed by atoms with Gasteiger partial charge in [-0.05, 0) is 45.6 Å². The fraction of sp³-hybridized carbons (Fsp3) is 0.517. The second-order valence-corrected chi connectivity index (χ2v) is 12.0. The van der Waals surface area contributed by atoms with Crippen LogP contribution in [0.15, 0.2) is 12.1 Å². The molecule has 2 bridgehead atoms. The van der Waals surface area contributed by atoms with Crippen molar-refractivity contribution in [3.05, 3.63) is 51.1 Å². The lowest BCUT2D eigenvalue weighted by Crippen LogP contribution is -2.68. The molecule has 2 aliphatic carbocycles. The average molecular weight is 571 g/mol. The molecule has 1 fully saturated rings. The van der Waals surface area contributed by atoms with Crippen molar-refractivity contribution in [1.82, 2.24) is 4.90 Å². The Morgan fingerprint density at radius 2 is 1.80 bits per heavy atom. The van der Waals surface area contributed by atoms with Gasteiger partial charge in [0, 0.05) is 36.1 Å². The Kier molecular flexibility index (Phi) is 6.29. The lowest BCUT2D eigenvalue weighted by Gasteiger charge is -2.53. The standard InChI is InChI=1S/C29H34N2O10/c1-28(38)9-11-7-12-17(22(34)16(11)15(10-28)39-6-5-30)23(35)18-14(32)8-13-25(19(18)21(12)33)40-27-24(36)20(31(3)4)26(37)29(13,2)41-27/h7-8,15,20,24,26-27,32,34,36-38H,5-6,9-10,30H2,1-4H3. The van der Waals surface area contributed by atoms with E-state index in [-0.39, 0.29) is 59.6 Å². The highest BCUT2D eigenvalue weighted by molar-refractivity contribution is 6.31. The first-order valence-corrected chi connectivity index (χ1v) is 13.5. The highest BCUT2D eigenvalue weighted by Crippen LogP contribution is 2.54. The van der Waals surface area contributed by atoms with Crippen LogP contribution in [0.25, 0.3) is 0 Å². The first-order valence-electron chi connectivity index (χ1n) is 13.5. The number of ether oxygens (including phenoxy) is 3. The third-order valence-electron chi connectivity index (χ3n) is 8.81. The number of likely N-dealkylation sites (N-methyl/N-ethyl adjacent to an activating group) is 1. The Morgan fingerprint density at radius 1 is 1.10 bits per heavy atom. The van der Waals surface area contributed by atoms with Gasteiger partial charge in [-0.3, -0.25) is 9.59 Å². The summed E-state index contributed by atoms with van der Waals surface area (Å²) in [6.45, 7) is 3.53. The third kappa shape index (κ3) is 3.86. The van der Waals surface area contributed by atoms with Gasteiger partial charge in [0.2, 0.25) is 12.1 Å². The molecule has 2 aliphatic heterocycles. The minimum atomic E-state index is -1.51. The number of phenols is 2. The van der Waals surface area contributed by atoms with Crippen molar-refractivity contribution in [3.63, 3.8) is 0 Å². The molecule has 220 valence electrons. The van der Waals surface area contributed by atoms with Crippen molar-refractivity contribution >= 4 is 11.6 Å². The van der Waals surface area contributed by atoms with Crippen molar-refractivity contribution in [2.45, 2.75) is 68.5 Å². The number of carbonyl (C=O) groups excluding carboxylic acids is 2. The van der Waals surface area contributed by atoms with Crippen molar-refractivity contribution < 1.29 is 49.3 Å². The molecule has 12 nitrogen and oxygen atoms in total. The highest BCUT2D eigenvalue weighted by atomic mass is 16.7. The van der Waals surface area contributed by atoms with E-state index in [9.17, 15) is 35.1 Å². The Bertz CT molecular complexity index is 1490. The molecule has 7 atom stereocenters. The number of fused-ring (bicyclic) bond motifs is 8. The number of aliphatic hydroxyl groups excluding tert-OH is 2. The van der Waals surface area contributed by atoms with E-state index in [4.69, 9.17) is 19.9 Å². The average Bonchev–Trinajstić information content (AvgIpc) is 2.88. The third-order valence-corrected chi connectivity index (χ3v) is 8.81. The Labute approximate surface area is 235 Å². The maximum atomic E-state index is 14.2. The number of ketones is 2. The zero-order valence-corrected chi connectivity index (χ0v) is 23.2. The molecule has 0 radical (unpaired) electrons. The molecule has 41 heavy (non-hydrogen) atoms. The lowest BCUT2D eigenvalue weighted by atomic mass is 9.72.